The number of hydrogen-bond acceptors (Lipinski definition) is 5. The number of aliphatic hydroxyl groups is 1. The molecule has 0 saturated heterocycles. The summed E-state index contributed by atoms with van der Waals surface area (Å²) in [6.07, 6.45) is 2.07. The van der Waals surface area contributed by atoms with E-state index in [0.29, 0.717) is 26.3 Å². The van der Waals surface area contributed by atoms with Crippen LogP contribution in [0.2, 0.25) is 0 Å². The predicted molar refractivity (Wildman–Crippen MR) is 73.2 cm³/mol. The quantitative estimate of drug-likeness (QED) is 0.505. The molecular weight excluding hydrogens is 216 g/mol. The molecule has 0 aromatic heterocycles. The fourth-order valence-corrected chi connectivity index (χ4v) is 1.83. The van der Waals surface area contributed by atoms with E-state index in [1.54, 1.807) is 0 Å². The number of aliphatic imine (C=N–C) groups is 1. The maximum atomic E-state index is 9.13. The van der Waals surface area contributed by atoms with Crippen LogP contribution in [-0.4, -0.2) is 54.2 Å². The monoisotopic (exact) mass is 244 g/mol. The summed E-state index contributed by atoms with van der Waals surface area (Å²) in [5.74, 6) is 0. The molecule has 0 bridgehead atoms. The van der Waals surface area contributed by atoms with Crippen molar-refractivity contribution in [1.82, 2.24) is 4.90 Å². The molecule has 0 amide bonds. The van der Waals surface area contributed by atoms with Gasteiger partial charge in [0.05, 0.1) is 13.3 Å². The third-order valence-electron chi connectivity index (χ3n) is 3.17. The highest BCUT2D eigenvalue weighted by Crippen LogP contribution is 2.19. The van der Waals surface area contributed by atoms with Crippen molar-refractivity contribution < 1.29 is 5.11 Å². The SMILES string of the molecule is CCCC(C)(CN)N(CCO)C/N=C(/C)CN. The van der Waals surface area contributed by atoms with Gasteiger partial charge >= 0.3 is 0 Å². The molecule has 17 heavy (non-hydrogen) atoms. The maximum Gasteiger partial charge on any atom is 0.0914 e. The first-order valence-electron chi connectivity index (χ1n) is 6.30. The van der Waals surface area contributed by atoms with Crippen molar-refractivity contribution in [1.29, 1.82) is 0 Å². The lowest BCUT2D eigenvalue weighted by molar-refractivity contribution is 0.0810. The van der Waals surface area contributed by atoms with Gasteiger partial charge in [-0.25, -0.2) is 0 Å². The van der Waals surface area contributed by atoms with E-state index >= 15 is 0 Å². The first-order valence-corrected chi connectivity index (χ1v) is 6.30. The molecule has 0 aliphatic heterocycles. The molecular formula is C12H28N4O. The smallest absolute Gasteiger partial charge is 0.0914 e. The number of β-amino-alcohol motifs (C(OH)–C–C–N with tert-alkyl or cyclic N) is 1. The molecule has 0 spiro atoms. The van der Waals surface area contributed by atoms with E-state index in [1.807, 2.05) is 6.92 Å². The summed E-state index contributed by atoms with van der Waals surface area (Å²) < 4.78 is 0. The Hall–Kier alpha value is -0.490. The Morgan fingerprint density at radius 3 is 2.47 bits per heavy atom. The number of nitrogens with zero attached hydrogens (tertiary/aromatic N) is 2. The average Bonchev–Trinajstić information content (AvgIpc) is 2.34. The molecule has 102 valence electrons. The minimum atomic E-state index is -0.101. The Kier molecular flexibility index (Phi) is 8.33. The molecule has 0 aromatic rings. The Morgan fingerprint density at radius 2 is 2.06 bits per heavy atom. The van der Waals surface area contributed by atoms with Crippen molar-refractivity contribution in [3.8, 4) is 0 Å². The van der Waals surface area contributed by atoms with Crippen LogP contribution in [0.1, 0.15) is 33.6 Å². The van der Waals surface area contributed by atoms with Gasteiger partial charge in [0.25, 0.3) is 0 Å². The van der Waals surface area contributed by atoms with Gasteiger partial charge in [-0.05, 0) is 20.3 Å². The van der Waals surface area contributed by atoms with Crippen LogP contribution in [0.15, 0.2) is 4.99 Å². The first-order chi connectivity index (χ1) is 8.03. The summed E-state index contributed by atoms with van der Waals surface area (Å²) in [5, 5.41) is 9.13. The molecule has 0 saturated carbocycles. The van der Waals surface area contributed by atoms with Crippen LogP contribution in [-0.2, 0) is 0 Å². The molecule has 1 unspecified atom stereocenters. The predicted octanol–water partition coefficient (Wildman–Crippen LogP) is 0.175. The van der Waals surface area contributed by atoms with Gasteiger partial charge in [0.15, 0.2) is 0 Å². The molecule has 0 aliphatic rings. The van der Waals surface area contributed by atoms with E-state index in [-0.39, 0.29) is 12.1 Å². The van der Waals surface area contributed by atoms with Crippen molar-refractivity contribution >= 4 is 5.71 Å². The minimum Gasteiger partial charge on any atom is -0.395 e. The molecule has 0 fully saturated rings. The van der Waals surface area contributed by atoms with E-state index < -0.39 is 0 Å². The van der Waals surface area contributed by atoms with Gasteiger partial charge < -0.3 is 16.6 Å². The Bertz CT molecular complexity index is 233. The van der Waals surface area contributed by atoms with Gasteiger partial charge in [-0.1, -0.05) is 13.3 Å². The normalized spacial score (nSPS) is 16.3. The fraction of sp³-hybridized carbons (Fsp3) is 0.917. The number of hydrogen-bond donors (Lipinski definition) is 3. The molecule has 5 heteroatoms. The number of aliphatic hydroxyl groups excluding tert-OH is 1. The van der Waals surface area contributed by atoms with Crippen molar-refractivity contribution in [3.05, 3.63) is 0 Å². The zero-order valence-electron chi connectivity index (χ0n) is 11.4. The lowest BCUT2D eigenvalue weighted by Gasteiger charge is -2.39. The van der Waals surface area contributed by atoms with Crippen LogP contribution < -0.4 is 11.5 Å². The van der Waals surface area contributed by atoms with Gasteiger partial charge in [-0.2, -0.15) is 0 Å². The third-order valence-corrected chi connectivity index (χ3v) is 3.17. The van der Waals surface area contributed by atoms with Crippen molar-refractivity contribution in [2.75, 3.05) is 32.9 Å². The molecule has 5 N–H and O–H groups in total. The lowest BCUT2D eigenvalue weighted by Crippen LogP contribution is -2.52. The molecule has 1 atom stereocenters. The van der Waals surface area contributed by atoms with E-state index in [9.17, 15) is 0 Å². The standard InChI is InChI=1S/C12H28N4O/c1-4-5-12(3,9-14)16(6-7-17)10-15-11(2)8-13/h17H,4-10,13-14H2,1-3H3/b15-11-. The van der Waals surface area contributed by atoms with Crippen LogP contribution in [0.3, 0.4) is 0 Å². The van der Waals surface area contributed by atoms with Gasteiger partial charge in [0.2, 0.25) is 0 Å². The maximum absolute atomic E-state index is 9.13. The van der Waals surface area contributed by atoms with E-state index in [1.165, 1.54) is 0 Å². The summed E-state index contributed by atoms with van der Waals surface area (Å²) in [6, 6.07) is 0. The molecule has 0 aromatic carbocycles. The highest BCUT2D eigenvalue weighted by molar-refractivity contribution is 5.83. The fourth-order valence-electron chi connectivity index (χ4n) is 1.83. The number of rotatable bonds is 9. The lowest BCUT2D eigenvalue weighted by atomic mass is 9.94. The minimum absolute atomic E-state index is 0.101. The van der Waals surface area contributed by atoms with E-state index in [0.717, 1.165) is 18.6 Å². The van der Waals surface area contributed by atoms with Gasteiger partial charge in [-0.15, -0.1) is 0 Å². The average molecular weight is 244 g/mol. The van der Waals surface area contributed by atoms with Gasteiger partial charge in [0, 0.05) is 30.9 Å². The zero-order valence-corrected chi connectivity index (χ0v) is 11.4. The zero-order chi connectivity index (χ0) is 13.3. The summed E-state index contributed by atoms with van der Waals surface area (Å²) in [4.78, 5) is 6.54. The number of nitrogens with two attached hydrogens (primary N) is 2. The molecule has 5 nitrogen and oxygen atoms in total. The van der Waals surface area contributed by atoms with Crippen molar-refractivity contribution in [3.63, 3.8) is 0 Å². The molecule has 0 aliphatic carbocycles. The van der Waals surface area contributed by atoms with Crippen molar-refractivity contribution in [2.45, 2.75) is 39.2 Å². The Balaban J connectivity index is 4.68. The van der Waals surface area contributed by atoms with Crippen LogP contribution in [0.5, 0.6) is 0 Å². The van der Waals surface area contributed by atoms with Crippen LogP contribution in [0.4, 0.5) is 0 Å². The second-order valence-corrected chi connectivity index (χ2v) is 4.68. The van der Waals surface area contributed by atoms with Gasteiger partial charge in [-0.3, -0.25) is 9.89 Å². The third kappa shape index (κ3) is 5.59. The topological polar surface area (TPSA) is 87.9 Å². The van der Waals surface area contributed by atoms with Crippen LogP contribution >= 0.6 is 0 Å². The summed E-state index contributed by atoms with van der Waals surface area (Å²) in [7, 11) is 0. The first kappa shape index (κ1) is 16.5. The summed E-state index contributed by atoms with van der Waals surface area (Å²) in [5.41, 5.74) is 12.2. The summed E-state index contributed by atoms with van der Waals surface area (Å²) >= 11 is 0. The Morgan fingerprint density at radius 1 is 1.41 bits per heavy atom. The largest absolute Gasteiger partial charge is 0.395 e. The van der Waals surface area contributed by atoms with E-state index in [2.05, 4.69) is 23.7 Å². The second kappa shape index (κ2) is 8.58. The van der Waals surface area contributed by atoms with Crippen LogP contribution in [0, 0.1) is 0 Å². The molecule has 0 rings (SSSR count). The van der Waals surface area contributed by atoms with Crippen molar-refractivity contribution in [2.24, 2.45) is 16.5 Å². The highest BCUT2D eigenvalue weighted by Gasteiger charge is 2.28. The van der Waals surface area contributed by atoms with E-state index in [4.69, 9.17) is 16.6 Å². The molecule has 0 heterocycles. The van der Waals surface area contributed by atoms with Crippen LogP contribution in [0.25, 0.3) is 0 Å². The summed E-state index contributed by atoms with van der Waals surface area (Å²) in [6.45, 7) is 8.48. The second-order valence-electron chi connectivity index (χ2n) is 4.68. The molecule has 0 radical (unpaired) electrons. The highest BCUT2D eigenvalue weighted by atomic mass is 16.3. The Labute approximate surface area is 105 Å². The van der Waals surface area contributed by atoms with Gasteiger partial charge in [0.1, 0.15) is 0 Å².